The van der Waals surface area contributed by atoms with Gasteiger partial charge in [0.2, 0.25) is 23.1 Å². The fourth-order valence-electron chi connectivity index (χ4n) is 2.34. The van der Waals surface area contributed by atoms with Crippen LogP contribution in [-0.2, 0) is 16.1 Å². The molecule has 0 aliphatic carbocycles. The van der Waals surface area contributed by atoms with Crippen molar-refractivity contribution >= 4 is 29.4 Å². The highest BCUT2D eigenvalue weighted by molar-refractivity contribution is 6.28. The zero-order valence-electron chi connectivity index (χ0n) is 13.6. The molecule has 0 atom stereocenters. The molecule has 1 fully saturated rings. The fraction of sp³-hybridized carbons (Fsp3) is 0.375. The van der Waals surface area contributed by atoms with Gasteiger partial charge in [0, 0.05) is 19.6 Å². The molecule has 2 N–H and O–H groups in total. The predicted octanol–water partition coefficient (Wildman–Crippen LogP) is 1.09. The second kappa shape index (κ2) is 8.59. The lowest BCUT2D eigenvalue weighted by Gasteiger charge is -2.26. The third-order valence-corrected chi connectivity index (χ3v) is 3.80. The average molecular weight is 363 g/mol. The molecule has 0 unspecified atom stereocenters. The van der Waals surface area contributed by atoms with Crippen LogP contribution in [0.1, 0.15) is 5.56 Å². The highest BCUT2D eigenvalue weighted by Gasteiger charge is 2.16. The number of amides is 1. The molecule has 0 spiro atoms. The Bertz CT molecular complexity index is 709. The van der Waals surface area contributed by atoms with Crippen molar-refractivity contribution < 1.29 is 9.53 Å². The Kier molecular flexibility index (Phi) is 5.97. The van der Waals surface area contributed by atoms with Gasteiger partial charge in [0.05, 0.1) is 19.8 Å². The normalized spacial score (nSPS) is 14.2. The van der Waals surface area contributed by atoms with Crippen LogP contribution in [0.3, 0.4) is 0 Å². The third-order valence-electron chi connectivity index (χ3n) is 3.63. The summed E-state index contributed by atoms with van der Waals surface area (Å²) in [5.74, 6) is 0.597. The molecule has 0 radical (unpaired) electrons. The summed E-state index contributed by atoms with van der Waals surface area (Å²) in [7, 11) is 0. The zero-order chi connectivity index (χ0) is 17.5. The molecule has 1 aromatic carbocycles. The Morgan fingerprint density at radius 3 is 2.68 bits per heavy atom. The van der Waals surface area contributed by atoms with Crippen molar-refractivity contribution in [2.45, 2.75) is 6.54 Å². The van der Waals surface area contributed by atoms with E-state index in [1.807, 2.05) is 35.2 Å². The monoisotopic (exact) mass is 362 g/mol. The van der Waals surface area contributed by atoms with Crippen molar-refractivity contribution in [3.8, 4) is 0 Å². The zero-order valence-corrected chi connectivity index (χ0v) is 14.4. The lowest BCUT2D eigenvalue weighted by molar-refractivity contribution is -0.119. The summed E-state index contributed by atoms with van der Waals surface area (Å²) in [4.78, 5) is 26.4. The lowest BCUT2D eigenvalue weighted by Crippen LogP contribution is -2.37. The number of halogens is 1. The van der Waals surface area contributed by atoms with E-state index in [0.717, 1.165) is 5.56 Å². The largest absolute Gasteiger partial charge is 0.378 e. The highest BCUT2D eigenvalue weighted by Crippen LogP contribution is 2.14. The van der Waals surface area contributed by atoms with Crippen molar-refractivity contribution in [1.82, 2.24) is 20.3 Å². The number of benzene rings is 1. The molecule has 0 bridgehead atoms. The van der Waals surface area contributed by atoms with Crippen LogP contribution in [0, 0.1) is 0 Å². The summed E-state index contributed by atoms with van der Waals surface area (Å²) in [6, 6.07) is 9.70. The minimum absolute atomic E-state index is 0.0513. The molecule has 8 nitrogen and oxygen atoms in total. The molecule has 1 saturated heterocycles. The number of carbonyl (C=O) groups excluding carboxylic acids is 1. The maximum Gasteiger partial charge on any atom is 0.239 e. The lowest BCUT2D eigenvalue weighted by atomic mass is 10.2. The summed E-state index contributed by atoms with van der Waals surface area (Å²) in [5, 5.41) is 5.80. The first-order valence-electron chi connectivity index (χ1n) is 7.99. The minimum atomic E-state index is -0.159. The third kappa shape index (κ3) is 5.27. The first-order valence-corrected chi connectivity index (χ1v) is 8.37. The summed E-state index contributed by atoms with van der Waals surface area (Å²) in [5.41, 5.74) is 1.04. The first kappa shape index (κ1) is 17.4. The Morgan fingerprint density at radius 1 is 1.16 bits per heavy atom. The van der Waals surface area contributed by atoms with Gasteiger partial charge in [0.25, 0.3) is 0 Å². The predicted molar refractivity (Wildman–Crippen MR) is 94.6 cm³/mol. The summed E-state index contributed by atoms with van der Waals surface area (Å²) in [6.45, 7) is 3.14. The second-order valence-electron chi connectivity index (χ2n) is 5.44. The van der Waals surface area contributed by atoms with E-state index in [0.29, 0.717) is 38.8 Å². The number of carbonyl (C=O) groups is 1. The van der Waals surface area contributed by atoms with E-state index >= 15 is 0 Å². The van der Waals surface area contributed by atoms with Crippen molar-refractivity contribution in [2.24, 2.45) is 0 Å². The molecule has 1 aromatic heterocycles. The van der Waals surface area contributed by atoms with Gasteiger partial charge in [-0.2, -0.15) is 15.0 Å². The molecule has 9 heteroatoms. The minimum Gasteiger partial charge on any atom is -0.378 e. The smallest absolute Gasteiger partial charge is 0.239 e. The van der Waals surface area contributed by atoms with Gasteiger partial charge in [0.15, 0.2) is 0 Å². The van der Waals surface area contributed by atoms with Crippen molar-refractivity contribution in [3.63, 3.8) is 0 Å². The number of aromatic nitrogens is 3. The van der Waals surface area contributed by atoms with Crippen LogP contribution in [0.2, 0.25) is 5.28 Å². The SMILES string of the molecule is O=C(CNc1nc(Cl)nc(N2CCOCC2)n1)NCc1ccccc1. The molecular weight excluding hydrogens is 344 g/mol. The molecule has 3 rings (SSSR count). The van der Waals surface area contributed by atoms with Gasteiger partial charge in [-0.3, -0.25) is 4.79 Å². The van der Waals surface area contributed by atoms with Gasteiger partial charge < -0.3 is 20.3 Å². The summed E-state index contributed by atoms with van der Waals surface area (Å²) in [6.07, 6.45) is 0. The number of morpholine rings is 1. The maximum absolute atomic E-state index is 12.0. The number of anilines is 2. The van der Waals surface area contributed by atoms with Crippen LogP contribution in [0.15, 0.2) is 30.3 Å². The quantitative estimate of drug-likeness (QED) is 0.794. The standard InChI is InChI=1S/C16H19ClN6O2/c17-14-20-15(22-16(21-14)23-6-8-25-9-7-23)19-11-13(24)18-10-12-4-2-1-3-5-12/h1-5H,6-11H2,(H,18,24)(H,19,20,21,22). The van der Waals surface area contributed by atoms with Crippen molar-refractivity contribution in [1.29, 1.82) is 0 Å². The second-order valence-corrected chi connectivity index (χ2v) is 5.78. The molecular formula is C16H19ClN6O2. The van der Waals surface area contributed by atoms with E-state index in [-0.39, 0.29) is 23.7 Å². The number of nitrogens with zero attached hydrogens (tertiary/aromatic N) is 4. The Balaban J connectivity index is 1.53. The number of hydrogen-bond donors (Lipinski definition) is 2. The van der Waals surface area contributed by atoms with E-state index in [4.69, 9.17) is 16.3 Å². The average Bonchev–Trinajstić information content (AvgIpc) is 2.66. The summed E-state index contributed by atoms with van der Waals surface area (Å²) >= 11 is 5.97. The number of hydrogen-bond acceptors (Lipinski definition) is 7. The molecule has 2 aromatic rings. The number of ether oxygens (including phenoxy) is 1. The van der Waals surface area contributed by atoms with Gasteiger partial charge in [-0.05, 0) is 17.2 Å². The van der Waals surface area contributed by atoms with Crippen LogP contribution >= 0.6 is 11.6 Å². The summed E-state index contributed by atoms with van der Waals surface area (Å²) < 4.78 is 5.31. The van der Waals surface area contributed by atoms with Gasteiger partial charge in [-0.1, -0.05) is 30.3 Å². The number of nitrogens with one attached hydrogen (secondary N) is 2. The Labute approximate surface area is 150 Å². The van der Waals surface area contributed by atoms with Crippen molar-refractivity contribution in [2.75, 3.05) is 43.1 Å². The maximum atomic E-state index is 12.0. The van der Waals surface area contributed by atoms with Crippen LogP contribution in [0.5, 0.6) is 0 Å². The van der Waals surface area contributed by atoms with Crippen LogP contribution in [0.25, 0.3) is 0 Å². The first-order chi connectivity index (χ1) is 12.2. The van der Waals surface area contributed by atoms with Crippen LogP contribution in [0.4, 0.5) is 11.9 Å². The van der Waals surface area contributed by atoms with Gasteiger partial charge in [0.1, 0.15) is 0 Å². The van der Waals surface area contributed by atoms with E-state index in [1.54, 1.807) is 0 Å². The molecule has 132 valence electrons. The van der Waals surface area contributed by atoms with Crippen molar-refractivity contribution in [3.05, 3.63) is 41.2 Å². The topological polar surface area (TPSA) is 92.3 Å². The van der Waals surface area contributed by atoms with Gasteiger partial charge in [-0.25, -0.2) is 0 Å². The van der Waals surface area contributed by atoms with E-state index in [2.05, 4.69) is 25.6 Å². The Morgan fingerprint density at radius 2 is 1.92 bits per heavy atom. The number of rotatable bonds is 6. The molecule has 0 saturated carbocycles. The Hall–Kier alpha value is -2.45. The fourth-order valence-corrected chi connectivity index (χ4v) is 2.50. The molecule has 2 heterocycles. The van der Waals surface area contributed by atoms with Crippen LogP contribution in [-0.4, -0.2) is 53.7 Å². The van der Waals surface area contributed by atoms with E-state index in [9.17, 15) is 4.79 Å². The molecule has 1 aliphatic rings. The highest BCUT2D eigenvalue weighted by atomic mass is 35.5. The molecule has 1 aliphatic heterocycles. The van der Waals surface area contributed by atoms with E-state index < -0.39 is 0 Å². The van der Waals surface area contributed by atoms with E-state index in [1.165, 1.54) is 0 Å². The molecule has 25 heavy (non-hydrogen) atoms. The van der Waals surface area contributed by atoms with Gasteiger partial charge >= 0.3 is 0 Å². The molecule has 1 amide bonds. The van der Waals surface area contributed by atoms with Crippen LogP contribution < -0.4 is 15.5 Å². The van der Waals surface area contributed by atoms with Gasteiger partial charge in [-0.15, -0.1) is 0 Å².